The Balaban J connectivity index is 1.64. The van der Waals surface area contributed by atoms with Crippen LogP contribution in [0.25, 0.3) is 10.9 Å². The van der Waals surface area contributed by atoms with Gasteiger partial charge in [-0.2, -0.15) is 0 Å². The van der Waals surface area contributed by atoms with Gasteiger partial charge in [0.15, 0.2) is 0 Å². The van der Waals surface area contributed by atoms with Crippen LogP contribution in [0.2, 0.25) is 10.0 Å². The molecule has 25 heavy (non-hydrogen) atoms. The Morgan fingerprint density at radius 1 is 1.12 bits per heavy atom. The summed E-state index contributed by atoms with van der Waals surface area (Å²) in [5.41, 5.74) is 3.46. The summed E-state index contributed by atoms with van der Waals surface area (Å²) in [4.78, 5) is 3.31. The molecule has 0 fully saturated rings. The number of rotatable bonds is 7. The lowest BCUT2D eigenvalue weighted by Crippen LogP contribution is -2.18. The fourth-order valence-electron chi connectivity index (χ4n) is 2.90. The summed E-state index contributed by atoms with van der Waals surface area (Å²) in [5.74, 6) is 0.709. The topological polar surface area (TPSA) is 37.0 Å². The molecule has 0 unspecified atom stereocenters. The van der Waals surface area contributed by atoms with Crippen LogP contribution in [0.5, 0.6) is 5.75 Å². The molecule has 0 bridgehead atoms. The zero-order valence-electron chi connectivity index (χ0n) is 14.4. The van der Waals surface area contributed by atoms with E-state index in [1.807, 2.05) is 26.0 Å². The molecule has 0 saturated heterocycles. The minimum atomic E-state index is 0.0589. The first-order valence-electron chi connectivity index (χ1n) is 8.45. The summed E-state index contributed by atoms with van der Waals surface area (Å²) in [6, 6.07) is 12.0. The summed E-state index contributed by atoms with van der Waals surface area (Å²) >= 11 is 12.4. The number of hydrogen-bond acceptors (Lipinski definition) is 2. The molecule has 0 aliphatic rings. The summed E-state index contributed by atoms with van der Waals surface area (Å²) in [5, 5.41) is 5.91. The lowest BCUT2D eigenvalue weighted by molar-refractivity contribution is 0.239. The highest BCUT2D eigenvalue weighted by molar-refractivity contribution is 6.35. The zero-order valence-corrected chi connectivity index (χ0v) is 15.9. The molecule has 0 aliphatic heterocycles. The third-order valence-electron chi connectivity index (χ3n) is 4.00. The first kappa shape index (κ1) is 18.1. The number of ether oxygens (including phenoxy) is 1. The van der Waals surface area contributed by atoms with Gasteiger partial charge in [0, 0.05) is 34.2 Å². The van der Waals surface area contributed by atoms with E-state index in [4.69, 9.17) is 27.9 Å². The van der Waals surface area contributed by atoms with Crippen LogP contribution in [-0.4, -0.2) is 17.6 Å². The third-order valence-corrected chi connectivity index (χ3v) is 4.50. The monoisotopic (exact) mass is 376 g/mol. The van der Waals surface area contributed by atoms with Crippen molar-refractivity contribution in [3.8, 4) is 5.75 Å². The maximum Gasteiger partial charge on any atom is 0.142 e. The van der Waals surface area contributed by atoms with Crippen LogP contribution in [0.15, 0.2) is 42.6 Å². The van der Waals surface area contributed by atoms with Gasteiger partial charge in [-0.25, -0.2) is 0 Å². The molecule has 3 aromatic rings. The molecular formula is C20H22Cl2N2O. The molecule has 0 saturated carbocycles. The molecular weight excluding hydrogens is 355 g/mol. The predicted molar refractivity (Wildman–Crippen MR) is 106 cm³/mol. The zero-order chi connectivity index (χ0) is 17.8. The van der Waals surface area contributed by atoms with E-state index in [1.165, 1.54) is 16.5 Å². The molecule has 2 N–H and O–H groups in total. The molecule has 2 aromatic carbocycles. The molecule has 132 valence electrons. The van der Waals surface area contributed by atoms with Gasteiger partial charge in [-0.15, -0.1) is 0 Å². The Kier molecular flexibility index (Phi) is 5.89. The predicted octanol–water partition coefficient (Wildman–Crippen LogP) is 5.59. The fraction of sp³-hybridized carbons (Fsp3) is 0.300. The summed E-state index contributed by atoms with van der Waals surface area (Å²) in [7, 11) is 0. The average Bonchev–Trinajstić information content (AvgIpc) is 2.97. The number of aromatic amines is 1. The minimum Gasteiger partial charge on any atom is -0.489 e. The van der Waals surface area contributed by atoms with Gasteiger partial charge in [0.05, 0.1) is 11.1 Å². The number of halogens is 2. The Hall–Kier alpha value is -1.68. The minimum absolute atomic E-state index is 0.0589. The molecule has 0 amide bonds. The average molecular weight is 377 g/mol. The van der Waals surface area contributed by atoms with Crippen molar-refractivity contribution in [2.45, 2.75) is 32.9 Å². The van der Waals surface area contributed by atoms with Gasteiger partial charge in [-0.05, 0) is 50.6 Å². The van der Waals surface area contributed by atoms with Crippen LogP contribution in [0, 0.1) is 0 Å². The van der Waals surface area contributed by atoms with Crippen molar-refractivity contribution in [2.24, 2.45) is 0 Å². The molecule has 0 radical (unpaired) electrons. The Morgan fingerprint density at radius 3 is 2.72 bits per heavy atom. The lowest BCUT2D eigenvalue weighted by Gasteiger charge is -2.17. The number of hydrogen-bond donors (Lipinski definition) is 2. The number of fused-ring (bicyclic) bond motifs is 1. The van der Waals surface area contributed by atoms with Gasteiger partial charge in [-0.3, -0.25) is 0 Å². The maximum absolute atomic E-state index is 6.30. The Bertz CT molecular complexity index is 858. The standard InChI is InChI=1S/C20H22Cl2N2O/c1-13(2)25-20-15(9-16(21)10-18(20)22)11-23-8-7-14-12-24-19-6-4-3-5-17(14)19/h3-6,9-10,12-13,23-24H,7-8,11H2,1-2H3. The molecule has 3 rings (SSSR count). The van der Waals surface area contributed by atoms with Crippen LogP contribution in [-0.2, 0) is 13.0 Å². The molecule has 0 atom stereocenters. The number of H-pyrrole nitrogens is 1. The van der Waals surface area contributed by atoms with Crippen molar-refractivity contribution in [3.05, 3.63) is 63.8 Å². The SMILES string of the molecule is CC(C)Oc1c(Cl)cc(Cl)cc1CNCCc1c[nH]c2ccccc12. The van der Waals surface area contributed by atoms with Crippen LogP contribution in [0.1, 0.15) is 25.0 Å². The van der Waals surface area contributed by atoms with Gasteiger partial charge in [0.2, 0.25) is 0 Å². The highest BCUT2D eigenvalue weighted by Crippen LogP contribution is 2.33. The van der Waals surface area contributed by atoms with Crippen molar-refractivity contribution in [3.63, 3.8) is 0 Å². The molecule has 5 heteroatoms. The maximum atomic E-state index is 6.30. The van der Waals surface area contributed by atoms with E-state index < -0.39 is 0 Å². The Labute approximate surface area is 158 Å². The van der Waals surface area contributed by atoms with Gasteiger partial charge in [0.1, 0.15) is 5.75 Å². The van der Waals surface area contributed by atoms with E-state index in [-0.39, 0.29) is 6.10 Å². The number of aromatic nitrogens is 1. The van der Waals surface area contributed by atoms with E-state index in [1.54, 1.807) is 6.07 Å². The van der Waals surface area contributed by atoms with Crippen LogP contribution >= 0.6 is 23.2 Å². The van der Waals surface area contributed by atoms with Crippen molar-refractivity contribution in [2.75, 3.05) is 6.54 Å². The van der Waals surface area contributed by atoms with Crippen LogP contribution in [0.3, 0.4) is 0 Å². The van der Waals surface area contributed by atoms with Gasteiger partial charge in [0.25, 0.3) is 0 Å². The molecule has 1 aromatic heterocycles. The first-order chi connectivity index (χ1) is 12.0. The summed E-state index contributed by atoms with van der Waals surface area (Å²) < 4.78 is 5.86. The van der Waals surface area contributed by atoms with Crippen molar-refractivity contribution in [1.82, 2.24) is 10.3 Å². The molecule has 3 nitrogen and oxygen atoms in total. The first-order valence-corrected chi connectivity index (χ1v) is 9.20. The van der Waals surface area contributed by atoms with Gasteiger partial charge < -0.3 is 15.0 Å². The molecule has 0 aliphatic carbocycles. The number of para-hydroxylation sites is 1. The second-order valence-corrected chi connectivity index (χ2v) is 7.17. The highest BCUT2D eigenvalue weighted by Gasteiger charge is 2.12. The third kappa shape index (κ3) is 4.49. The van der Waals surface area contributed by atoms with Gasteiger partial charge >= 0.3 is 0 Å². The van der Waals surface area contributed by atoms with E-state index in [0.717, 1.165) is 18.5 Å². The van der Waals surface area contributed by atoms with Crippen LogP contribution < -0.4 is 10.1 Å². The van der Waals surface area contributed by atoms with Gasteiger partial charge in [-0.1, -0.05) is 41.4 Å². The van der Waals surface area contributed by atoms with E-state index in [9.17, 15) is 0 Å². The molecule has 1 heterocycles. The number of benzene rings is 2. The summed E-state index contributed by atoms with van der Waals surface area (Å²) in [6.45, 7) is 5.48. The fourth-order valence-corrected chi connectivity index (χ4v) is 3.48. The number of nitrogens with one attached hydrogen (secondary N) is 2. The van der Waals surface area contributed by atoms with Crippen LogP contribution in [0.4, 0.5) is 0 Å². The van der Waals surface area contributed by atoms with Crippen molar-refractivity contribution in [1.29, 1.82) is 0 Å². The quantitative estimate of drug-likeness (QED) is 0.527. The van der Waals surface area contributed by atoms with Crippen molar-refractivity contribution < 1.29 is 4.74 Å². The lowest BCUT2D eigenvalue weighted by atomic mass is 10.1. The highest BCUT2D eigenvalue weighted by atomic mass is 35.5. The smallest absolute Gasteiger partial charge is 0.142 e. The van der Waals surface area contributed by atoms with E-state index in [2.05, 4.69) is 34.7 Å². The largest absolute Gasteiger partial charge is 0.489 e. The normalized spacial score (nSPS) is 11.4. The summed E-state index contributed by atoms with van der Waals surface area (Å²) in [6.07, 6.45) is 3.08. The second-order valence-electron chi connectivity index (χ2n) is 6.33. The molecule has 0 spiro atoms. The second kappa shape index (κ2) is 8.13. The van der Waals surface area contributed by atoms with E-state index >= 15 is 0 Å². The Morgan fingerprint density at radius 2 is 1.92 bits per heavy atom. The van der Waals surface area contributed by atoms with Crippen molar-refractivity contribution >= 4 is 34.1 Å². The van der Waals surface area contributed by atoms with E-state index in [0.29, 0.717) is 22.3 Å².